The Morgan fingerprint density at radius 3 is 3.07 bits per heavy atom. The van der Waals surface area contributed by atoms with Crippen molar-refractivity contribution < 1.29 is 0 Å². The maximum Gasteiger partial charge on any atom is 0.120 e. The third-order valence-electron chi connectivity index (χ3n) is 3.20. The molecule has 0 bridgehead atoms. The average Bonchev–Trinajstić information content (AvgIpc) is 2.69. The van der Waals surface area contributed by atoms with Gasteiger partial charge >= 0.3 is 0 Å². The van der Waals surface area contributed by atoms with E-state index in [1.165, 1.54) is 25.7 Å². The van der Waals surface area contributed by atoms with E-state index in [9.17, 15) is 0 Å². The molecule has 1 aromatic heterocycles. The van der Waals surface area contributed by atoms with Crippen LogP contribution in [-0.4, -0.2) is 16.0 Å². The quantitative estimate of drug-likeness (QED) is 0.771. The summed E-state index contributed by atoms with van der Waals surface area (Å²) in [6.07, 6.45) is 9.15. The van der Waals surface area contributed by atoms with Crippen LogP contribution in [0.2, 0.25) is 0 Å². The highest BCUT2D eigenvalue weighted by atomic mass is 15.0. The first-order chi connectivity index (χ1) is 6.86. The molecule has 2 atom stereocenters. The van der Waals surface area contributed by atoms with Gasteiger partial charge in [-0.2, -0.15) is 0 Å². The number of rotatable bonds is 3. The van der Waals surface area contributed by atoms with Crippen molar-refractivity contribution in [2.24, 2.45) is 5.92 Å². The number of aromatic amines is 1. The van der Waals surface area contributed by atoms with Crippen molar-refractivity contribution in [3.05, 3.63) is 18.2 Å². The fourth-order valence-electron chi connectivity index (χ4n) is 2.24. The number of nitrogens with zero attached hydrogens (tertiary/aromatic N) is 1. The van der Waals surface area contributed by atoms with Gasteiger partial charge in [-0.3, -0.25) is 0 Å². The van der Waals surface area contributed by atoms with Crippen LogP contribution in [0, 0.1) is 5.92 Å². The summed E-state index contributed by atoms with van der Waals surface area (Å²) in [6, 6.07) is 0.689. The predicted octanol–water partition coefficient (Wildman–Crippen LogP) is 2.08. The first-order valence-electron chi connectivity index (χ1n) is 5.58. The third kappa shape index (κ3) is 2.35. The summed E-state index contributed by atoms with van der Waals surface area (Å²) >= 11 is 0. The molecule has 1 fully saturated rings. The van der Waals surface area contributed by atoms with Gasteiger partial charge in [0.15, 0.2) is 0 Å². The molecule has 1 heterocycles. The average molecular weight is 193 g/mol. The molecule has 0 saturated heterocycles. The molecule has 0 aromatic carbocycles. The van der Waals surface area contributed by atoms with E-state index >= 15 is 0 Å². The Kier molecular flexibility index (Phi) is 3.19. The Hall–Kier alpha value is -0.830. The molecule has 1 saturated carbocycles. The summed E-state index contributed by atoms with van der Waals surface area (Å²) < 4.78 is 0. The molecule has 0 spiro atoms. The lowest BCUT2D eigenvalue weighted by molar-refractivity contribution is 0.278. The summed E-state index contributed by atoms with van der Waals surface area (Å²) in [4.78, 5) is 7.33. The van der Waals surface area contributed by atoms with Crippen molar-refractivity contribution in [3.63, 3.8) is 0 Å². The number of hydrogen-bond acceptors (Lipinski definition) is 2. The molecular formula is C11H19N3. The van der Waals surface area contributed by atoms with E-state index in [-0.39, 0.29) is 0 Å². The standard InChI is InChI=1S/C11H19N3/c1-9-4-2-3-5-10(9)14-8-11-12-6-7-13-11/h6-7,9-10,14H,2-5,8H2,1H3,(H,12,13)/t9-,10+/m1/s1. The van der Waals surface area contributed by atoms with E-state index in [0.717, 1.165) is 18.3 Å². The molecule has 2 N–H and O–H groups in total. The van der Waals surface area contributed by atoms with Crippen molar-refractivity contribution >= 4 is 0 Å². The van der Waals surface area contributed by atoms with E-state index in [1.807, 2.05) is 6.20 Å². The minimum absolute atomic E-state index is 0.689. The predicted molar refractivity (Wildman–Crippen MR) is 56.8 cm³/mol. The lowest BCUT2D eigenvalue weighted by Gasteiger charge is -2.29. The zero-order valence-electron chi connectivity index (χ0n) is 8.79. The van der Waals surface area contributed by atoms with E-state index in [1.54, 1.807) is 6.20 Å². The normalized spacial score (nSPS) is 27.8. The molecule has 1 aliphatic rings. The van der Waals surface area contributed by atoms with Gasteiger partial charge in [-0.25, -0.2) is 4.98 Å². The van der Waals surface area contributed by atoms with Crippen LogP contribution in [0.5, 0.6) is 0 Å². The van der Waals surface area contributed by atoms with Gasteiger partial charge in [0, 0.05) is 18.4 Å². The maximum absolute atomic E-state index is 4.21. The van der Waals surface area contributed by atoms with E-state index in [0.29, 0.717) is 6.04 Å². The summed E-state index contributed by atoms with van der Waals surface area (Å²) in [5.74, 6) is 1.86. The molecule has 14 heavy (non-hydrogen) atoms. The van der Waals surface area contributed by atoms with Gasteiger partial charge in [0.2, 0.25) is 0 Å². The molecular weight excluding hydrogens is 174 g/mol. The first kappa shape index (κ1) is 9.71. The van der Waals surface area contributed by atoms with Gasteiger partial charge < -0.3 is 10.3 Å². The molecule has 3 nitrogen and oxygen atoms in total. The summed E-state index contributed by atoms with van der Waals surface area (Å²) in [5, 5.41) is 3.58. The number of H-pyrrole nitrogens is 1. The van der Waals surface area contributed by atoms with Crippen LogP contribution in [0.3, 0.4) is 0 Å². The summed E-state index contributed by atoms with van der Waals surface area (Å²) in [7, 11) is 0. The molecule has 0 amide bonds. The lowest BCUT2D eigenvalue weighted by Crippen LogP contribution is -2.36. The third-order valence-corrected chi connectivity index (χ3v) is 3.20. The summed E-state index contributed by atoms with van der Waals surface area (Å²) in [5.41, 5.74) is 0. The minimum atomic E-state index is 0.689. The van der Waals surface area contributed by atoms with Gasteiger partial charge in [0.25, 0.3) is 0 Å². The topological polar surface area (TPSA) is 40.7 Å². The largest absolute Gasteiger partial charge is 0.348 e. The Balaban J connectivity index is 1.79. The van der Waals surface area contributed by atoms with Gasteiger partial charge in [0.1, 0.15) is 5.82 Å². The zero-order valence-corrected chi connectivity index (χ0v) is 8.79. The number of aromatic nitrogens is 2. The monoisotopic (exact) mass is 193 g/mol. The van der Waals surface area contributed by atoms with E-state index < -0.39 is 0 Å². The summed E-state index contributed by atoms with van der Waals surface area (Å²) in [6.45, 7) is 3.22. The fourth-order valence-corrected chi connectivity index (χ4v) is 2.24. The van der Waals surface area contributed by atoms with Crippen LogP contribution >= 0.6 is 0 Å². The number of nitrogens with one attached hydrogen (secondary N) is 2. The van der Waals surface area contributed by atoms with Gasteiger partial charge in [-0.05, 0) is 18.8 Å². The SMILES string of the molecule is C[C@@H]1CCCC[C@@H]1NCc1ncc[nH]1. The highest BCUT2D eigenvalue weighted by Crippen LogP contribution is 2.23. The molecule has 1 aliphatic carbocycles. The number of imidazole rings is 1. The van der Waals surface area contributed by atoms with Gasteiger partial charge in [-0.15, -0.1) is 0 Å². The smallest absolute Gasteiger partial charge is 0.120 e. The van der Waals surface area contributed by atoms with Gasteiger partial charge in [0.05, 0.1) is 6.54 Å². The Bertz CT molecular complexity index is 256. The molecule has 2 rings (SSSR count). The van der Waals surface area contributed by atoms with Crippen LogP contribution in [0.4, 0.5) is 0 Å². The minimum Gasteiger partial charge on any atom is -0.348 e. The van der Waals surface area contributed by atoms with Crippen molar-refractivity contribution in [1.29, 1.82) is 0 Å². The van der Waals surface area contributed by atoms with Crippen molar-refractivity contribution in [3.8, 4) is 0 Å². The lowest BCUT2D eigenvalue weighted by atomic mass is 9.86. The van der Waals surface area contributed by atoms with Crippen molar-refractivity contribution in [2.75, 3.05) is 0 Å². The van der Waals surface area contributed by atoms with Crippen LogP contribution in [0.25, 0.3) is 0 Å². The molecule has 0 radical (unpaired) electrons. The van der Waals surface area contributed by atoms with Crippen LogP contribution < -0.4 is 5.32 Å². The van der Waals surface area contributed by atoms with E-state index in [4.69, 9.17) is 0 Å². The molecule has 78 valence electrons. The second-order valence-corrected chi connectivity index (χ2v) is 4.29. The maximum atomic E-state index is 4.21. The highest BCUT2D eigenvalue weighted by Gasteiger charge is 2.20. The zero-order chi connectivity index (χ0) is 9.80. The molecule has 0 aliphatic heterocycles. The van der Waals surface area contributed by atoms with Crippen LogP contribution in [-0.2, 0) is 6.54 Å². The van der Waals surface area contributed by atoms with Crippen LogP contribution in [0.1, 0.15) is 38.4 Å². The van der Waals surface area contributed by atoms with E-state index in [2.05, 4.69) is 22.2 Å². The first-order valence-corrected chi connectivity index (χ1v) is 5.58. The van der Waals surface area contributed by atoms with Crippen molar-refractivity contribution in [1.82, 2.24) is 15.3 Å². The second kappa shape index (κ2) is 4.60. The molecule has 3 heteroatoms. The molecule has 0 unspecified atom stereocenters. The highest BCUT2D eigenvalue weighted by molar-refractivity contribution is 4.88. The Morgan fingerprint density at radius 2 is 2.36 bits per heavy atom. The number of hydrogen-bond donors (Lipinski definition) is 2. The molecule has 1 aromatic rings. The second-order valence-electron chi connectivity index (χ2n) is 4.29. The Morgan fingerprint density at radius 1 is 1.50 bits per heavy atom. The van der Waals surface area contributed by atoms with Crippen molar-refractivity contribution in [2.45, 2.75) is 45.2 Å². The fraction of sp³-hybridized carbons (Fsp3) is 0.727. The van der Waals surface area contributed by atoms with Gasteiger partial charge in [-0.1, -0.05) is 19.8 Å². The van der Waals surface area contributed by atoms with Crippen LogP contribution in [0.15, 0.2) is 12.4 Å². The Labute approximate surface area is 85.3 Å².